The first-order valence-electron chi connectivity index (χ1n) is 4.30. The summed E-state index contributed by atoms with van der Waals surface area (Å²) in [5, 5.41) is 22.7. The van der Waals surface area contributed by atoms with Crippen molar-refractivity contribution in [3.05, 3.63) is 22.1 Å². The van der Waals surface area contributed by atoms with Crippen LogP contribution in [0.5, 0.6) is 0 Å². The second kappa shape index (κ2) is 7.92. The van der Waals surface area contributed by atoms with E-state index in [2.05, 4.69) is 10.6 Å². The molecule has 0 saturated heterocycles. The Kier molecular flexibility index (Phi) is 7.16. The summed E-state index contributed by atoms with van der Waals surface area (Å²) in [7, 11) is 1.60. The van der Waals surface area contributed by atoms with E-state index in [1.54, 1.807) is 7.05 Å². The molecular weight excluding hydrogens is 218 g/mol. The highest BCUT2D eigenvalue weighted by molar-refractivity contribution is 8.13. The van der Waals surface area contributed by atoms with Gasteiger partial charge in [-0.3, -0.25) is 15.5 Å². The summed E-state index contributed by atoms with van der Waals surface area (Å²) in [6.45, 7) is 0.598. The maximum Gasteiger partial charge on any atom is 0.274 e. The van der Waals surface area contributed by atoms with E-state index in [1.165, 1.54) is 11.8 Å². The van der Waals surface area contributed by atoms with Crippen LogP contribution in [0.2, 0.25) is 0 Å². The molecule has 86 valence electrons. The van der Waals surface area contributed by atoms with Crippen LogP contribution in [0.4, 0.5) is 0 Å². The Balaban J connectivity index is 3.64. The fourth-order valence-electron chi connectivity index (χ4n) is 0.781. The van der Waals surface area contributed by atoms with Crippen molar-refractivity contribution in [3.63, 3.8) is 0 Å². The molecule has 5 N–H and O–H groups in total. The van der Waals surface area contributed by atoms with E-state index in [9.17, 15) is 10.1 Å². The maximum absolute atomic E-state index is 10.1. The Labute approximate surface area is 92.1 Å². The highest BCUT2D eigenvalue weighted by Gasteiger charge is 1.99. The van der Waals surface area contributed by atoms with Gasteiger partial charge in [0.2, 0.25) is 0 Å². The molecule has 0 aromatic heterocycles. The van der Waals surface area contributed by atoms with Gasteiger partial charge in [-0.1, -0.05) is 11.8 Å². The molecule has 8 heteroatoms. The fraction of sp³-hybridized carbons (Fsp3) is 0.571. The molecule has 0 atom stereocenters. The number of hydrogen-bond acceptors (Lipinski definition) is 6. The molecule has 0 aromatic rings. The average Bonchev–Trinajstić information content (AvgIpc) is 2.14. The lowest BCUT2D eigenvalue weighted by atomic mass is 10.5. The number of rotatable bonds is 7. The van der Waals surface area contributed by atoms with Crippen molar-refractivity contribution in [2.24, 2.45) is 5.73 Å². The molecule has 0 heterocycles. The molecule has 0 fully saturated rings. The van der Waals surface area contributed by atoms with Crippen LogP contribution in [0, 0.1) is 15.5 Å². The molecule has 0 amide bonds. The average molecular weight is 233 g/mol. The van der Waals surface area contributed by atoms with Gasteiger partial charge in [0.05, 0.1) is 4.92 Å². The lowest BCUT2D eigenvalue weighted by molar-refractivity contribution is -0.404. The molecule has 0 rings (SSSR count). The van der Waals surface area contributed by atoms with E-state index in [4.69, 9.17) is 11.1 Å². The third-order valence-corrected chi connectivity index (χ3v) is 2.20. The van der Waals surface area contributed by atoms with Crippen molar-refractivity contribution in [2.75, 3.05) is 19.3 Å². The molecule has 7 nitrogen and oxygen atoms in total. The Bertz CT molecular complexity index is 256. The van der Waals surface area contributed by atoms with Crippen LogP contribution in [-0.2, 0) is 0 Å². The fourth-order valence-corrected chi connectivity index (χ4v) is 1.29. The van der Waals surface area contributed by atoms with Gasteiger partial charge >= 0.3 is 0 Å². The molecule has 0 aliphatic heterocycles. The van der Waals surface area contributed by atoms with Gasteiger partial charge in [0.25, 0.3) is 6.20 Å². The van der Waals surface area contributed by atoms with E-state index >= 15 is 0 Å². The summed E-state index contributed by atoms with van der Waals surface area (Å²) in [5.41, 5.74) is 5.14. The number of nitrogens with one attached hydrogen (secondary N) is 3. The van der Waals surface area contributed by atoms with E-state index in [0.29, 0.717) is 12.4 Å². The standard InChI is InChI=1S/C7H15N5O2S/c1-10-6(5-12(13)14)11-3-2-4-15-7(8)9/h5,10-11H,2-4H2,1H3,(H3,8,9). The number of hydrogen-bond donors (Lipinski definition) is 4. The monoisotopic (exact) mass is 233 g/mol. The molecule has 0 saturated carbocycles. The van der Waals surface area contributed by atoms with Crippen molar-refractivity contribution in [2.45, 2.75) is 6.42 Å². The molecule has 15 heavy (non-hydrogen) atoms. The summed E-state index contributed by atoms with van der Waals surface area (Å²) < 4.78 is 0. The molecule has 0 spiro atoms. The van der Waals surface area contributed by atoms with Crippen LogP contribution < -0.4 is 16.4 Å². The molecule has 0 radical (unpaired) electrons. The lowest BCUT2D eigenvalue weighted by Gasteiger charge is -2.06. The van der Waals surface area contributed by atoms with Crippen LogP contribution >= 0.6 is 11.8 Å². The minimum atomic E-state index is -0.525. The smallest absolute Gasteiger partial charge is 0.274 e. The number of nitrogens with zero attached hydrogens (tertiary/aromatic N) is 1. The number of amidine groups is 1. The van der Waals surface area contributed by atoms with Gasteiger partial charge in [0.15, 0.2) is 11.0 Å². The van der Waals surface area contributed by atoms with Crippen molar-refractivity contribution < 1.29 is 4.92 Å². The molecule has 0 aliphatic carbocycles. The van der Waals surface area contributed by atoms with Gasteiger partial charge in [-0.05, 0) is 6.42 Å². The number of thioether (sulfide) groups is 1. The maximum atomic E-state index is 10.1. The molecule has 0 aromatic carbocycles. The minimum Gasteiger partial charge on any atom is -0.379 e. The van der Waals surface area contributed by atoms with Crippen LogP contribution in [0.15, 0.2) is 12.0 Å². The van der Waals surface area contributed by atoms with Gasteiger partial charge in [-0.2, -0.15) is 0 Å². The summed E-state index contributed by atoms with van der Waals surface area (Å²) in [6, 6.07) is 0. The molecular formula is C7H15N5O2S. The third kappa shape index (κ3) is 8.88. The SMILES string of the molecule is CNC(=C[N+](=O)[O-])NCCCSC(=N)N. The van der Waals surface area contributed by atoms with E-state index in [-0.39, 0.29) is 5.17 Å². The summed E-state index contributed by atoms with van der Waals surface area (Å²) in [6.07, 6.45) is 1.65. The van der Waals surface area contributed by atoms with Gasteiger partial charge in [-0.25, -0.2) is 0 Å². The van der Waals surface area contributed by atoms with Crippen molar-refractivity contribution in [1.29, 1.82) is 5.41 Å². The molecule has 0 bridgehead atoms. The summed E-state index contributed by atoms with van der Waals surface area (Å²) in [4.78, 5) is 9.62. The largest absolute Gasteiger partial charge is 0.379 e. The first-order valence-corrected chi connectivity index (χ1v) is 5.28. The number of nitrogens with two attached hydrogens (primary N) is 1. The predicted octanol–water partition coefficient (Wildman–Crippen LogP) is -0.112. The summed E-state index contributed by atoms with van der Waals surface area (Å²) in [5.74, 6) is 1.09. The Morgan fingerprint density at radius 2 is 2.40 bits per heavy atom. The van der Waals surface area contributed by atoms with Gasteiger partial charge < -0.3 is 16.4 Å². The van der Waals surface area contributed by atoms with E-state index in [0.717, 1.165) is 18.4 Å². The molecule has 0 aliphatic rings. The second-order valence-corrected chi connectivity index (χ2v) is 3.71. The Hall–Kier alpha value is -1.44. The topological polar surface area (TPSA) is 117 Å². The predicted molar refractivity (Wildman–Crippen MR) is 61.1 cm³/mol. The van der Waals surface area contributed by atoms with Crippen LogP contribution in [0.3, 0.4) is 0 Å². The van der Waals surface area contributed by atoms with Gasteiger partial charge in [0.1, 0.15) is 0 Å². The van der Waals surface area contributed by atoms with Crippen molar-refractivity contribution in [1.82, 2.24) is 10.6 Å². The zero-order valence-corrected chi connectivity index (χ0v) is 9.26. The Morgan fingerprint density at radius 3 is 2.87 bits per heavy atom. The minimum absolute atomic E-state index is 0.0877. The van der Waals surface area contributed by atoms with E-state index in [1.807, 2.05) is 0 Å². The first-order chi connectivity index (χ1) is 7.06. The first kappa shape index (κ1) is 13.6. The Morgan fingerprint density at radius 1 is 1.73 bits per heavy atom. The van der Waals surface area contributed by atoms with Crippen molar-refractivity contribution >= 4 is 16.9 Å². The highest BCUT2D eigenvalue weighted by Crippen LogP contribution is 1.99. The van der Waals surface area contributed by atoms with E-state index < -0.39 is 4.92 Å². The molecule has 0 unspecified atom stereocenters. The zero-order valence-electron chi connectivity index (χ0n) is 8.45. The lowest BCUT2D eigenvalue weighted by Crippen LogP contribution is -2.25. The summed E-state index contributed by atoms with van der Waals surface area (Å²) >= 11 is 1.25. The highest BCUT2D eigenvalue weighted by atomic mass is 32.2. The van der Waals surface area contributed by atoms with Crippen LogP contribution in [-0.4, -0.2) is 29.4 Å². The quantitative estimate of drug-likeness (QED) is 0.160. The number of nitro groups is 1. The second-order valence-electron chi connectivity index (χ2n) is 2.57. The van der Waals surface area contributed by atoms with Crippen LogP contribution in [0.1, 0.15) is 6.42 Å². The normalized spacial score (nSPS) is 10.9. The zero-order chi connectivity index (χ0) is 11.7. The third-order valence-electron chi connectivity index (χ3n) is 1.40. The van der Waals surface area contributed by atoms with Gasteiger partial charge in [0, 0.05) is 19.3 Å². The van der Waals surface area contributed by atoms with Crippen molar-refractivity contribution in [3.8, 4) is 0 Å². The van der Waals surface area contributed by atoms with Gasteiger partial charge in [-0.15, -0.1) is 0 Å². The van der Waals surface area contributed by atoms with Crippen LogP contribution in [0.25, 0.3) is 0 Å².